The third-order valence-corrected chi connectivity index (χ3v) is 3.81. The van der Waals surface area contributed by atoms with Crippen molar-refractivity contribution in [3.05, 3.63) is 47.5 Å². The molecule has 0 N–H and O–H groups in total. The van der Waals surface area contributed by atoms with Gasteiger partial charge in [0.2, 0.25) is 0 Å². The van der Waals surface area contributed by atoms with Crippen molar-refractivity contribution in [3.8, 4) is 0 Å². The summed E-state index contributed by atoms with van der Waals surface area (Å²) >= 11 is 0. The van der Waals surface area contributed by atoms with Gasteiger partial charge in [0.1, 0.15) is 6.10 Å². The van der Waals surface area contributed by atoms with Crippen molar-refractivity contribution in [1.82, 2.24) is 0 Å². The van der Waals surface area contributed by atoms with Crippen molar-refractivity contribution in [2.75, 3.05) is 0 Å². The van der Waals surface area contributed by atoms with Gasteiger partial charge in [-0.05, 0) is 51.0 Å². The standard InChI is InChI=1S/C17H22O2/c1-3-4-17(18)19-16-11-9-15(10-12-16)14-7-5-13(2)6-8-14/h3-8,15-16H,9-12H2,1-2H3/b4-3+. The molecule has 19 heavy (non-hydrogen) atoms. The third-order valence-electron chi connectivity index (χ3n) is 3.81. The van der Waals surface area contributed by atoms with Crippen molar-refractivity contribution in [3.63, 3.8) is 0 Å². The first kappa shape index (κ1) is 13.9. The summed E-state index contributed by atoms with van der Waals surface area (Å²) in [6, 6.07) is 8.80. The molecule has 102 valence electrons. The minimum Gasteiger partial charge on any atom is -0.459 e. The minimum atomic E-state index is -0.207. The van der Waals surface area contributed by atoms with Gasteiger partial charge in [0.15, 0.2) is 0 Å². The summed E-state index contributed by atoms with van der Waals surface area (Å²) in [6.07, 6.45) is 7.48. The molecule has 2 nitrogen and oxygen atoms in total. The van der Waals surface area contributed by atoms with Crippen LogP contribution in [-0.4, -0.2) is 12.1 Å². The van der Waals surface area contributed by atoms with Crippen molar-refractivity contribution >= 4 is 5.97 Å². The second-order valence-electron chi connectivity index (χ2n) is 5.32. The van der Waals surface area contributed by atoms with Gasteiger partial charge >= 0.3 is 5.97 Å². The van der Waals surface area contributed by atoms with E-state index in [1.54, 1.807) is 6.08 Å². The van der Waals surface area contributed by atoms with Crippen molar-refractivity contribution < 1.29 is 9.53 Å². The number of rotatable bonds is 3. The van der Waals surface area contributed by atoms with E-state index in [1.165, 1.54) is 17.2 Å². The van der Waals surface area contributed by atoms with Crippen LogP contribution in [0.4, 0.5) is 0 Å². The highest BCUT2D eigenvalue weighted by atomic mass is 16.5. The Morgan fingerprint density at radius 3 is 2.37 bits per heavy atom. The fraction of sp³-hybridized carbons (Fsp3) is 0.471. The Bertz CT molecular complexity index is 437. The third kappa shape index (κ3) is 3.95. The smallest absolute Gasteiger partial charge is 0.330 e. The lowest BCUT2D eigenvalue weighted by Crippen LogP contribution is -2.23. The first-order valence-corrected chi connectivity index (χ1v) is 7.09. The SMILES string of the molecule is C/C=C/C(=O)OC1CCC(c2ccc(C)cc2)CC1. The molecule has 0 aliphatic heterocycles. The Morgan fingerprint density at radius 1 is 1.16 bits per heavy atom. The molecule has 0 unspecified atom stereocenters. The minimum absolute atomic E-state index is 0.102. The van der Waals surface area contributed by atoms with Gasteiger partial charge in [-0.3, -0.25) is 0 Å². The molecule has 1 aromatic rings. The average Bonchev–Trinajstić information content (AvgIpc) is 2.41. The number of ether oxygens (including phenoxy) is 1. The first-order valence-electron chi connectivity index (χ1n) is 7.09. The van der Waals surface area contributed by atoms with Gasteiger partial charge in [0.25, 0.3) is 0 Å². The van der Waals surface area contributed by atoms with Crippen molar-refractivity contribution in [2.45, 2.75) is 51.6 Å². The summed E-state index contributed by atoms with van der Waals surface area (Å²) < 4.78 is 5.41. The Labute approximate surface area is 115 Å². The number of hydrogen-bond acceptors (Lipinski definition) is 2. The normalized spacial score (nSPS) is 23.5. The maximum atomic E-state index is 11.4. The summed E-state index contributed by atoms with van der Waals surface area (Å²) in [4.78, 5) is 11.4. The maximum absolute atomic E-state index is 11.4. The first-order chi connectivity index (χ1) is 9.19. The number of benzene rings is 1. The topological polar surface area (TPSA) is 26.3 Å². The second-order valence-corrected chi connectivity index (χ2v) is 5.32. The summed E-state index contributed by atoms with van der Waals surface area (Å²) in [5.74, 6) is 0.415. The molecule has 1 fully saturated rings. The quantitative estimate of drug-likeness (QED) is 0.601. The summed E-state index contributed by atoms with van der Waals surface area (Å²) in [6.45, 7) is 3.94. The highest BCUT2D eigenvalue weighted by Crippen LogP contribution is 2.34. The number of carbonyl (C=O) groups excluding carboxylic acids is 1. The lowest BCUT2D eigenvalue weighted by molar-refractivity contribution is -0.144. The molecule has 0 amide bonds. The molecule has 0 atom stereocenters. The van der Waals surface area contributed by atoms with Gasteiger partial charge in [-0.15, -0.1) is 0 Å². The zero-order valence-corrected chi connectivity index (χ0v) is 11.8. The molecule has 0 radical (unpaired) electrons. The second kappa shape index (κ2) is 6.55. The van der Waals surface area contributed by atoms with Crippen LogP contribution in [0.2, 0.25) is 0 Å². The van der Waals surface area contributed by atoms with E-state index in [0.717, 1.165) is 25.7 Å². The molecule has 2 rings (SSSR count). The zero-order chi connectivity index (χ0) is 13.7. The molecule has 0 spiro atoms. The Kier molecular flexibility index (Phi) is 4.78. The van der Waals surface area contributed by atoms with Gasteiger partial charge in [-0.2, -0.15) is 0 Å². The number of esters is 1. The molecule has 1 saturated carbocycles. The van der Waals surface area contributed by atoms with Gasteiger partial charge in [0, 0.05) is 6.08 Å². The maximum Gasteiger partial charge on any atom is 0.330 e. The number of carbonyl (C=O) groups is 1. The zero-order valence-electron chi connectivity index (χ0n) is 11.8. The molecule has 0 bridgehead atoms. The van der Waals surface area contributed by atoms with Crippen LogP contribution in [0.1, 0.15) is 49.7 Å². The van der Waals surface area contributed by atoms with Gasteiger partial charge in [-0.1, -0.05) is 35.9 Å². The van der Waals surface area contributed by atoms with Crippen molar-refractivity contribution in [2.24, 2.45) is 0 Å². The number of allylic oxidation sites excluding steroid dienone is 1. The largest absolute Gasteiger partial charge is 0.459 e. The average molecular weight is 258 g/mol. The van der Waals surface area contributed by atoms with Crippen molar-refractivity contribution in [1.29, 1.82) is 0 Å². The van der Waals surface area contributed by atoms with Crippen LogP contribution >= 0.6 is 0 Å². The summed E-state index contributed by atoms with van der Waals surface area (Å²) in [5, 5.41) is 0. The molecule has 0 saturated heterocycles. The van der Waals surface area contributed by atoms with E-state index in [4.69, 9.17) is 4.74 Å². The van der Waals surface area contributed by atoms with Gasteiger partial charge < -0.3 is 4.74 Å². The van der Waals surface area contributed by atoms with Crippen LogP contribution in [0.15, 0.2) is 36.4 Å². The van der Waals surface area contributed by atoms with E-state index in [9.17, 15) is 4.79 Å². The molecule has 0 heterocycles. The highest BCUT2D eigenvalue weighted by molar-refractivity contribution is 5.81. The van der Waals surface area contributed by atoms with E-state index in [1.807, 2.05) is 6.92 Å². The fourth-order valence-electron chi connectivity index (χ4n) is 2.69. The molecular formula is C17H22O2. The predicted molar refractivity (Wildman–Crippen MR) is 77.1 cm³/mol. The van der Waals surface area contributed by atoms with E-state index >= 15 is 0 Å². The van der Waals surface area contributed by atoms with Crippen LogP contribution in [-0.2, 0) is 9.53 Å². The molecule has 1 aromatic carbocycles. The van der Waals surface area contributed by atoms with Crippen LogP contribution in [0, 0.1) is 6.92 Å². The lowest BCUT2D eigenvalue weighted by atomic mass is 9.82. The Hall–Kier alpha value is -1.57. The fourth-order valence-corrected chi connectivity index (χ4v) is 2.69. The lowest BCUT2D eigenvalue weighted by Gasteiger charge is -2.28. The van der Waals surface area contributed by atoms with E-state index < -0.39 is 0 Å². The monoisotopic (exact) mass is 258 g/mol. The molecular weight excluding hydrogens is 236 g/mol. The van der Waals surface area contributed by atoms with E-state index in [0.29, 0.717) is 5.92 Å². The molecule has 0 aromatic heterocycles. The summed E-state index contributed by atoms with van der Waals surface area (Å²) in [7, 11) is 0. The Balaban J connectivity index is 1.85. The number of aryl methyl sites for hydroxylation is 1. The molecule has 1 aliphatic carbocycles. The van der Waals surface area contributed by atoms with E-state index in [2.05, 4.69) is 31.2 Å². The van der Waals surface area contributed by atoms with Crippen LogP contribution in [0.25, 0.3) is 0 Å². The molecule has 1 aliphatic rings. The number of hydrogen-bond donors (Lipinski definition) is 0. The van der Waals surface area contributed by atoms with Crippen LogP contribution in [0.3, 0.4) is 0 Å². The summed E-state index contributed by atoms with van der Waals surface area (Å²) in [5.41, 5.74) is 2.72. The highest BCUT2D eigenvalue weighted by Gasteiger charge is 2.24. The predicted octanol–water partition coefficient (Wildman–Crippen LogP) is 4.14. The molecule has 2 heteroatoms. The van der Waals surface area contributed by atoms with Gasteiger partial charge in [0.05, 0.1) is 0 Å². The van der Waals surface area contributed by atoms with Crippen LogP contribution < -0.4 is 0 Å². The van der Waals surface area contributed by atoms with E-state index in [-0.39, 0.29) is 12.1 Å². The van der Waals surface area contributed by atoms with Gasteiger partial charge in [-0.25, -0.2) is 4.79 Å². The van der Waals surface area contributed by atoms with Crippen LogP contribution in [0.5, 0.6) is 0 Å². The Morgan fingerprint density at radius 2 is 1.79 bits per heavy atom.